The van der Waals surface area contributed by atoms with Gasteiger partial charge < -0.3 is 5.11 Å². The van der Waals surface area contributed by atoms with Crippen molar-refractivity contribution >= 4 is 28.6 Å². The molecule has 10 heteroatoms. The summed E-state index contributed by atoms with van der Waals surface area (Å²) in [6.07, 6.45) is 3.29. The minimum Gasteiger partial charge on any atom is -0.385 e. The maximum absolute atomic E-state index is 13.8. The number of aliphatic hydroxyl groups is 1. The van der Waals surface area contributed by atoms with Crippen molar-refractivity contribution in [3.8, 4) is 0 Å². The molecular formula is C24H30N4O6. The van der Waals surface area contributed by atoms with E-state index in [0.717, 1.165) is 36.6 Å². The fraction of sp³-hybridized carbons (Fsp3) is 0.583. The van der Waals surface area contributed by atoms with Crippen LogP contribution in [0.15, 0.2) is 34.4 Å². The summed E-state index contributed by atoms with van der Waals surface area (Å²) >= 11 is 0. The van der Waals surface area contributed by atoms with Crippen molar-refractivity contribution in [3.05, 3.63) is 49.6 Å². The van der Waals surface area contributed by atoms with Crippen LogP contribution < -0.4 is 5.43 Å². The number of carbonyl (C=O) groups is 1. The van der Waals surface area contributed by atoms with Gasteiger partial charge in [-0.2, -0.15) is 5.10 Å². The van der Waals surface area contributed by atoms with Crippen LogP contribution in [-0.2, 0) is 4.79 Å². The molecule has 34 heavy (non-hydrogen) atoms. The number of allylic oxidation sites excluding steroid dienone is 1. The zero-order valence-corrected chi connectivity index (χ0v) is 20.1. The lowest BCUT2D eigenvalue weighted by molar-refractivity contribution is -0.394. The first-order chi connectivity index (χ1) is 15.5. The zero-order valence-electron chi connectivity index (χ0n) is 20.1. The number of anilines is 1. The molecule has 1 aromatic carbocycles. The number of hydrogen-bond acceptors (Lipinski definition) is 8. The second-order valence-electron chi connectivity index (χ2n) is 11.9. The van der Waals surface area contributed by atoms with Crippen LogP contribution in [0, 0.1) is 36.5 Å². The summed E-state index contributed by atoms with van der Waals surface area (Å²) in [7, 11) is 0. The van der Waals surface area contributed by atoms with Crippen molar-refractivity contribution in [2.45, 2.75) is 72.3 Å². The van der Waals surface area contributed by atoms with E-state index in [0.29, 0.717) is 24.8 Å². The highest BCUT2D eigenvalue weighted by Gasteiger charge is 2.58. The first-order valence-corrected chi connectivity index (χ1v) is 11.3. The Hall–Kier alpha value is -3.14. The average molecular weight is 471 g/mol. The number of nitro groups is 2. The van der Waals surface area contributed by atoms with Crippen LogP contribution in [-0.4, -0.2) is 32.0 Å². The van der Waals surface area contributed by atoms with Gasteiger partial charge in [-0.1, -0.05) is 40.2 Å². The Balaban J connectivity index is 1.74. The SMILES string of the molecule is CC1(C)CC2(C)CC3=C(C(=O)/C(=N\Nc4cc([N+](=O)[O-])cc([N+](=O)[O-])c4)C(C)(C)C3)C(O)(C1)C2. The van der Waals surface area contributed by atoms with Crippen LogP contribution in [0.4, 0.5) is 17.1 Å². The molecule has 2 unspecified atom stereocenters. The molecule has 0 spiro atoms. The Morgan fingerprint density at radius 3 is 2.09 bits per heavy atom. The van der Waals surface area contributed by atoms with Gasteiger partial charge in [-0.15, -0.1) is 0 Å². The molecule has 0 aromatic heterocycles. The Kier molecular flexibility index (Phi) is 5.24. The predicted molar refractivity (Wildman–Crippen MR) is 127 cm³/mol. The fourth-order valence-electron chi connectivity index (χ4n) is 6.83. The maximum atomic E-state index is 13.8. The summed E-state index contributed by atoms with van der Waals surface area (Å²) in [6.45, 7) is 10.2. The van der Waals surface area contributed by atoms with Gasteiger partial charge in [0.25, 0.3) is 11.4 Å². The molecule has 0 heterocycles. The van der Waals surface area contributed by atoms with Gasteiger partial charge in [0.15, 0.2) is 0 Å². The third kappa shape index (κ3) is 4.11. The number of carbonyl (C=O) groups excluding carboxylic acids is 1. The smallest absolute Gasteiger partial charge is 0.278 e. The second-order valence-corrected chi connectivity index (χ2v) is 11.9. The third-order valence-electron chi connectivity index (χ3n) is 7.21. The summed E-state index contributed by atoms with van der Waals surface area (Å²) in [5, 5.41) is 38.4. The van der Waals surface area contributed by atoms with Crippen LogP contribution in [0.25, 0.3) is 0 Å². The van der Waals surface area contributed by atoms with Crippen molar-refractivity contribution < 1.29 is 19.7 Å². The lowest BCUT2D eigenvalue weighted by atomic mass is 9.49. The van der Waals surface area contributed by atoms with E-state index >= 15 is 0 Å². The molecule has 3 aliphatic rings. The Morgan fingerprint density at radius 2 is 1.53 bits per heavy atom. The average Bonchev–Trinajstić information content (AvgIpc) is 2.63. The van der Waals surface area contributed by atoms with Gasteiger partial charge in [-0.25, -0.2) is 0 Å². The molecule has 182 valence electrons. The highest BCUT2D eigenvalue weighted by atomic mass is 16.6. The summed E-state index contributed by atoms with van der Waals surface area (Å²) < 4.78 is 0. The van der Waals surface area contributed by atoms with Gasteiger partial charge in [-0.3, -0.25) is 30.4 Å². The van der Waals surface area contributed by atoms with Crippen molar-refractivity contribution in [2.75, 3.05) is 5.43 Å². The summed E-state index contributed by atoms with van der Waals surface area (Å²) in [4.78, 5) is 34.7. The molecule has 2 atom stereocenters. The number of ketones is 1. The van der Waals surface area contributed by atoms with E-state index in [9.17, 15) is 30.1 Å². The molecule has 4 rings (SSSR count). The van der Waals surface area contributed by atoms with Gasteiger partial charge in [0.05, 0.1) is 27.2 Å². The first-order valence-electron chi connectivity index (χ1n) is 11.3. The fourth-order valence-corrected chi connectivity index (χ4v) is 6.83. The van der Waals surface area contributed by atoms with E-state index < -0.39 is 32.2 Å². The Labute approximate surface area is 197 Å². The van der Waals surface area contributed by atoms with Crippen LogP contribution in [0.2, 0.25) is 0 Å². The normalized spacial score (nSPS) is 30.6. The molecule has 0 saturated heterocycles. The van der Waals surface area contributed by atoms with Crippen molar-refractivity contribution in [3.63, 3.8) is 0 Å². The summed E-state index contributed by atoms with van der Waals surface area (Å²) in [6, 6.07) is 3.13. The highest BCUT2D eigenvalue weighted by molar-refractivity contribution is 6.49. The third-order valence-corrected chi connectivity index (χ3v) is 7.21. The molecule has 1 aromatic rings. The maximum Gasteiger partial charge on any atom is 0.278 e. The van der Waals surface area contributed by atoms with E-state index in [1.807, 2.05) is 13.8 Å². The van der Waals surface area contributed by atoms with E-state index in [-0.39, 0.29) is 28.0 Å². The lowest BCUT2D eigenvalue weighted by Gasteiger charge is -2.57. The van der Waals surface area contributed by atoms with E-state index in [1.165, 1.54) is 0 Å². The Bertz CT molecular complexity index is 1150. The standard InChI is InChI=1S/C24H30N4O6/c1-21(2)11-23(5)10-14-9-22(3,4)20(19(29)18(14)24(30,12-21)13-23)26-25-15-6-16(27(31)32)8-17(7-15)28(33)34/h6-8,25,30H,9-13H2,1-5H3/b26-20+. The molecule has 1 fully saturated rings. The number of Topliss-reactive ketones (excluding diaryl/α,β-unsaturated/α-hetero) is 1. The molecule has 2 N–H and O–H groups in total. The predicted octanol–water partition coefficient (Wildman–Crippen LogP) is 4.92. The van der Waals surface area contributed by atoms with Crippen molar-refractivity contribution in [1.29, 1.82) is 0 Å². The molecule has 10 nitrogen and oxygen atoms in total. The Morgan fingerprint density at radius 1 is 0.941 bits per heavy atom. The number of hydrazone groups is 1. The molecule has 0 radical (unpaired) electrons. The molecule has 0 aliphatic heterocycles. The number of nitrogens with zero attached hydrogens (tertiary/aromatic N) is 3. The lowest BCUT2D eigenvalue weighted by Crippen LogP contribution is -2.56. The minimum absolute atomic E-state index is 0.0329. The van der Waals surface area contributed by atoms with Gasteiger partial charge >= 0.3 is 0 Å². The van der Waals surface area contributed by atoms with Crippen LogP contribution in [0.3, 0.4) is 0 Å². The minimum atomic E-state index is -1.23. The van der Waals surface area contributed by atoms with E-state index in [4.69, 9.17) is 0 Å². The van der Waals surface area contributed by atoms with Gasteiger partial charge in [0, 0.05) is 23.1 Å². The van der Waals surface area contributed by atoms with Crippen LogP contribution in [0.5, 0.6) is 0 Å². The monoisotopic (exact) mass is 470 g/mol. The quantitative estimate of drug-likeness (QED) is 0.469. The second kappa shape index (κ2) is 7.43. The number of benzene rings is 1. The molecule has 1 saturated carbocycles. The van der Waals surface area contributed by atoms with Gasteiger partial charge in [0.2, 0.25) is 5.78 Å². The largest absolute Gasteiger partial charge is 0.385 e. The topological polar surface area (TPSA) is 148 Å². The van der Waals surface area contributed by atoms with E-state index in [1.54, 1.807) is 0 Å². The molecular weight excluding hydrogens is 440 g/mol. The van der Waals surface area contributed by atoms with Crippen molar-refractivity contribution in [2.24, 2.45) is 21.3 Å². The van der Waals surface area contributed by atoms with Crippen LogP contribution in [0.1, 0.15) is 66.7 Å². The zero-order chi connectivity index (χ0) is 25.3. The number of hydrogen-bond donors (Lipinski definition) is 2. The summed E-state index contributed by atoms with van der Waals surface area (Å²) in [5.41, 5.74) is 1.27. The number of nitro benzene ring substituents is 2. The molecule has 2 bridgehead atoms. The van der Waals surface area contributed by atoms with Crippen LogP contribution >= 0.6 is 0 Å². The summed E-state index contributed by atoms with van der Waals surface area (Å²) in [5.74, 6) is -0.332. The van der Waals surface area contributed by atoms with Crippen molar-refractivity contribution in [1.82, 2.24) is 0 Å². The highest BCUT2D eigenvalue weighted by Crippen LogP contribution is 2.61. The number of rotatable bonds is 4. The van der Waals surface area contributed by atoms with Gasteiger partial charge in [0.1, 0.15) is 5.71 Å². The number of non-ortho nitro benzene ring substituents is 2. The molecule has 3 aliphatic carbocycles. The first kappa shape index (κ1) is 24.0. The number of fused-ring (bicyclic) bond motifs is 3. The molecule has 0 amide bonds. The van der Waals surface area contributed by atoms with Gasteiger partial charge in [-0.05, 0) is 42.9 Å². The number of nitrogens with one attached hydrogen (secondary N) is 1. The van der Waals surface area contributed by atoms with E-state index in [2.05, 4.69) is 31.3 Å².